The molecule has 7 heteroatoms. The Hall–Kier alpha value is -3.61. The van der Waals surface area contributed by atoms with E-state index in [2.05, 4.69) is 0 Å². The maximum Gasteiger partial charge on any atom is 0.374 e. The fraction of sp³-hybridized carbons (Fsp3) is 0.182. The molecule has 0 saturated carbocycles. The summed E-state index contributed by atoms with van der Waals surface area (Å²) in [6.45, 7) is -0.140. The SMILES string of the molecule is COc1ccccc1CN(C)C(=O)COC(=O)c1ccc(-c2ccccc2F)o1. The van der Waals surface area contributed by atoms with E-state index in [-0.39, 0.29) is 23.0 Å². The highest BCUT2D eigenvalue weighted by atomic mass is 19.1. The molecule has 0 atom stereocenters. The molecule has 0 bridgehead atoms. The second kappa shape index (κ2) is 9.05. The number of hydrogen-bond acceptors (Lipinski definition) is 5. The van der Waals surface area contributed by atoms with Crippen molar-refractivity contribution in [2.24, 2.45) is 0 Å². The summed E-state index contributed by atoms with van der Waals surface area (Å²) in [5, 5.41) is 0. The molecule has 0 radical (unpaired) electrons. The van der Waals surface area contributed by atoms with Crippen LogP contribution in [0.1, 0.15) is 16.1 Å². The molecule has 6 nitrogen and oxygen atoms in total. The molecule has 0 fully saturated rings. The number of carbonyl (C=O) groups is 2. The molecule has 29 heavy (non-hydrogen) atoms. The number of halogens is 1. The lowest BCUT2D eigenvalue weighted by Gasteiger charge is -2.18. The van der Waals surface area contributed by atoms with Gasteiger partial charge in [-0.2, -0.15) is 0 Å². The lowest BCUT2D eigenvalue weighted by atomic mass is 10.1. The van der Waals surface area contributed by atoms with Crippen molar-refractivity contribution in [3.8, 4) is 17.1 Å². The highest BCUT2D eigenvalue weighted by Gasteiger charge is 2.18. The number of benzene rings is 2. The number of methoxy groups -OCH3 is 1. The molecule has 0 aliphatic heterocycles. The predicted octanol–water partition coefficient (Wildman–Crippen LogP) is 3.91. The standard InChI is InChI=1S/C22H20FNO5/c1-24(13-15-7-3-6-10-18(15)27-2)21(25)14-28-22(26)20-12-11-19(29-20)16-8-4-5-9-17(16)23/h3-12H,13-14H2,1-2H3. The molecule has 150 valence electrons. The third-order valence-electron chi connectivity index (χ3n) is 4.30. The molecule has 0 aliphatic carbocycles. The molecule has 0 unspecified atom stereocenters. The van der Waals surface area contributed by atoms with Crippen LogP contribution in [0.3, 0.4) is 0 Å². The Bertz CT molecular complexity index is 1010. The van der Waals surface area contributed by atoms with Crippen LogP contribution in [0.25, 0.3) is 11.3 Å². The molecular formula is C22H20FNO5. The first-order valence-electron chi connectivity index (χ1n) is 8.87. The van der Waals surface area contributed by atoms with E-state index in [9.17, 15) is 14.0 Å². The van der Waals surface area contributed by atoms with Crippen LogP contribution >= 0.6 is 0 Å². The van der Waals surface area contributed by atoms with E-state index >= 15 is 0 Å². The third-order valence-corrected chi connectivity index (χ3v) is 4.30. The van der Waals surface area contributed by atoms with Gasteiger partial charge in [0.2, 0.25) is 5.76 Å². The Balaban J connectivity index is 1.58. The van der Waals surface area contributed by atoms with E-state index in [1.54, 1.807) is 38.4 Å². The van der Waals surface area contributed by atoms with Crippen LogP contribution in [0.5, 0.6) is 5.75 Å². The second-order valence-electron chi connectivity index (χ2n) is 6.28. The number of amides is 1. The number of nitrogens with zero attached hydrogens (tertiary/aromatic N) is 1. The number of para-hydroxylation sites is 1. The van der Waals surface area contributed by atoms with Gasteiger partial charge in [0.25, 0.3) is 5.91 Å². The van der Waals surface area contributed by atoms with Crippen molar-refractivity contribution < 1.29 is 27.9 Å². The maximum atomic E-state index is 13.8. The number of carbonyl (C=O) groups excluding carboxylic acids is 2. The Morgan fingerprint density at radius 3 is 2.52 bits per heavy atom. The fourth-order valence-electron chi connectivity index (χ4n) is 2.74. The van der Waals surface area contributed by atoms with Crippen molar-refractivity contribution in [3.63, 3.8) is 0 Å². The van der Waals surface area contributed by atoms with E-state index in [0.717, 1.165) is 5.56 Å². The van der Waals surface area contributed by atoms with Crippen LogP contribution < -0.4 is 4.74 Å². The zero-order valence-electron chi connectivity index (χ0n) is 16.1. The molecule has 1 aromatic heterocycles. The van der Waals surface area contributed by atoms with Crippen LogP contribution in [0.15, 0.2) is 65.1 Å². The van der Waals surface area contributed by atoms with Gasteiger partial charge in [0.1, 0.15) is 17.3 Å². The van der Waals surface area contributed by atoms with Gasteiger partial charge in [-0.3, -0.25) is 4.79 Å². The molecule has 2 aromatic carbocycles. The van der Waals surface area contributed by atoms with Gasteiger partial charge in [0.05, 0.1) is 12.7 Å². The molecule has 3 aromatic rings. The second-order valence-corrected chi connectivity index (χ2v) is 6.28. The molecule has 1 heterocycles. The summed E-state index contributed by atoms with van der Waals surface area (Å²) in [6, 6.07) is 16.3. The zero-order chi connectivity index (χ0) is 20.8. The van der Waals surface area contributed by atoms with E-state index in [0.29, 0.717) is 12.3 Å². The maximum absolute atomic E-state index is 13.8. The summed E-state index contributed by atoms with van der Waals surface area (Å²) in [6.07, 6.45) is 0. The largest absolute Gasteiger partial charge is 0.496 e. The zero-order valence-corrected chi connectivity index (χ0v) is 16.1. The average molecular weight is 397 g/mol. The average Bonchev–Trinajstić information content (AvgIpc) is 3.22. The lowest BCUT2D eigenvalue weighted by Crippen LogP contribution is -2.30. The van der Waals surface area contributed by atoms with E-state index in [1.807, 2.05) is 18.2 Å². The molecule has 0 N–H and O–H groups in total. The van der Waals surface area contributed by atoms with E-state index < -0.39 is 18.4 Å². The third kappa shape index (κ3) is 4.82. The first-order valence-corrected chi connectivity index (χ1v) is 8.87. The molecule has 0 spiro atoms. The van der Waals surface area contributed by atoms with Gasteiger partial charge >= 0.3 is 5.97 Å². The normalized spacial score (nSPS) is 10.4. The number of ether oxygens (including phenoxy) is 2. The lowest BCUT2D eigenvalue weighted by molar-refractivity contribution is -0.133. The van der Waals surface area contributed by atoms with Crippen molar-refractivity contribution in [2.75, 3.05) is 20.8 Å². The van der Waals surface area contributed by atoms with Crippen LogP contribution in [-0.4, -0.2) is 37.5 Å². The summed E-state index contributed by atoms with van der Waals surface area (Å²) < 4.78 is 29.5. The van der Waals surface area contributed by atoms with Gasteiger partial charge in [-0.05, 0) is 30.3 Å². The predicted molar refractivity (Wildman–Crippen MR) is 104 cm³/mol. The number of hydrogen-bond donors (Lipinski definition) is 0. The topological polar surface area (TPSA) is 69.0 Å². The van der Waals surface area contributed by atoms with E-state index in [1.165, 1.54) is 23.1 Å². The minimum Gasteiger partial charge on any atom is -0.496 e. The van der Waals surface area contributed by atoms with Gasteiger partial charge in [0, 0.05) is 19.2 Å². The van der Waals surface area contributed by atoms with Crippen LogP contribution in [-0.2, 0) is 16.1 Å². The number of rotatable bonds is 7. The number of esters is 1. The Morgan fingerprint density at radius 2 is 1.76 bits per heavy atom. The Morgan fingerprint density at radius 1 is 1.03 bits per heavy atom. The Kier molecular flexibility index (Phi) is 6.29. The molecule has 0 saturated heterocycles. The number of likely N-dealkylation sites (N-methyl/N-ethyl adjacent to an activating group) is 1. The molecule has 3 rings (SSSR count). The van der Waals surface area contributed by atoms with Gasteiger partial charge < -0.3 is 18.8 Å². The summed E-state index contributed by atoms with van der Waals surface area (Å²) in [4.78, 5) is 25.9. The van der Waals surface area contributed by atoms with Gasteiger partial charge in [-0.1, -0.05) is 30.3 Å². The van der Waals surface area contributed by atoms with Crippen molar-refractivity contribution >= 4 is 11.9 Å². The fourth-order valence-corrected chi connectivity index (χ4v) is 2.74. The Labute approximate surface area is 167 Å². The molecule has 0 aliphatic rings. The van der Waals surface area contributed by atoms with Crippen molar-refractivity contribution in [3.05, 3.63) is 77.8 Å². The van der Waals surface area contributed by atoms with Gasteiger partial charge in [-0.15, -0.1) is 0 Å². The smallest absolute Gasteiger partial charge is 0.374 e. The monoisotopic (exact) mass is 397 g/mol. The summed E-state index contributed by atoms with van der Waals surface area (Å²) in [5.41, 5.74) is 1.07. The van der Waals surface area contributed by atoms with Crippen molar-refractivity contribution in [2.45, 2.75) is 6.54 Å². The minimum absolute atomic E-state index is 0.108. The number of furan rings is 1. The van der Waals surface area contributed by atoms with Gasteiger partial charge in [-0.25, -0.2) is 9.18 Å². The highest BCUT2D eigenvalue weighted by Crippen LogP contribution is 2.25. The minimum atomic E-state index is -0.799. The van der Waals surface area contributed by atoms with Crippen molar-refractivity contribution in [1.29, 1.82) is 0 Å². The van der Waals surface area contributed by atoms with Crippen LogP contribution in [0.4, 0.5) is 4.39 Å². The van der Waals surface area contributed by atoms with Crippen LogP contribution in [0.2, 0.25) is 0 Å². The van der Waals surface area contributed by atoms with Gasteiger partial charge in [0.15, 0.2) is 6.61 Å². The van der Waals surface area contributed by atoms with E-state index in [4.69, 9.17) is 13.9 Å². The first-order chi connectivity index (χ1) is 14.0. The van der Waals surface area contributed by atoms with Crippen molar-refractivity contribution in [1.82, 2.24) is 4.90 Å². The summed E-state index contributed by atoms with van der Waals surface area (Å²) >= 11 is 0. The quantitative estimate of drug-likeness (QED) is 0.566. The molecular weight excluding hydrogens is 377 g/mol. The highest BCUT2D eigenvalue weighted by molar-refractivity contribution is 5.89. The summed E-state index contributed by atoms with van der Waals surface area (Å²) in [5.74, 6) is -0.884. The van der Waals surface area contributed by atoms with Crippen LogP contribution in [0, 0.1) is 5.82 Å². The first kappa shape index (κ1) is 20.1. The molecule has 1 amide bonds. The summed E-state index contributed by atoms with van der Waals surface area (Å²) in [7, 11) is 3.16.